The van der Waals surface area contributed by atoms with E-state index in [1.165, 1.54) is 75.6 Å². The van der Waals surface area contributed by atoms with E-state index in [0.717, 1.165) is 0 Å². The van der Waals surface area contributed by atoms with Gasteiger partial charge in [0.05, 0.1) is 82.4 Å². The van der Waals surface area contributed by atoms with Crippen molar-refractivity contribution in [1.29, 1.82) is 0 Å². The number of methoxy groups -OCH3 is 4. The monoisotopic (exact) mass is 1040 g/mol. The Labute approximate surface area is 371 Å². The molecule has 0 bridgehead atoms. The summed E-state index contributed by atoms with van der Waals surface area (Å²) >= 11 is 2.76. The van der Waals surface area contributed by atoms with E-state index in [1.807, 2.05) is 0 Å². The van der Waals surface area contributed by atoms with E-state index in [9.17, 15) is 19.2 Å². The normalized spacial score (nSPS) is 7.68. The van der Waals surface area contributed by atoms with Crippen molar-refractivity contribution in [3.05, 3.63) is 131 Å². The molecule has 4 aromatic rings. The zero-order valence-electron chi connectivity index (χ0n) is 31.2. The van der Waals surface area contributed by atoms with Crippen molar-refractivity contribution in [3.8, 4) is 21.4 Å². The van der Waals surface area contributed by atoms with Crippen molar-refractivity contribution in [2.45, 2.75) is 0 Å². The molecule has 358 valence electrons. The molecule has 4 aromatic heterocycles. The molecular formula is C24H38Cu2N8O26S2+6. The Balaban J connectivity index is -0.0000000739. The van der Waals surface area contributed by atoms with Gasteiger partial charge in [0.1, 0.15) is 10.0 Å². The van der Waals surface area contributed by atoms with Crippen molar-refractivity contribution < 1.29 is 125 Å². The van der Waals surface area contributed by atoms with Crippen LogP contribution >= 0.6 is 22.7 Å². The van der Waals surface area contributed by atoms with Gasteiger partial charge >= 0.3 is 58.0 Å². The van der Waals surface area contributed by atoms with Crippen molar-refractivity contribution in [3.63, 3.8) is 0 Å². The molecule has 34 nitrogen and oxygen atoms in total. The van der Waals surface area contributed by atoms with Crippen LogP contribution in [0.2, 0.25) is 0 Å². The maximum absolute atomic E-state index is 11.7. The van der Waals surface area contributed by atoms with Crippen LogP contribution in [0, 0.1) is 61.3 Å². The average Bonchev–Trinajstić information content (AvgIpc) is 3.85. The molecule has 0 aromatic carbocycles. The van der Waals surface area contributed by atoms with E-state index in [-0.39, 0.29) is 89.2 Å². The third-order valence-electron chi connectivity index (χ3n) is 4.73. The smallest absolute Gasteiger partial charge is 0.465 e. The predicted octanol–water partition coefficient (Wildman–Crippen LogP) is -2.94. The van der Waals surface area contributed by atoms with Gasteiger partial charge in [0, 0.05) is 35.5 Å². The average molecular weight is 1050 g/mol. The number of thiazole rings is 2. The largest absolute Gasteiger partial charge is 2.00 e. The molecule has 0 spiro atoms. The van der Waals surface area contributed by atoms with Crippen LogP contribution in [0.25, 0.3) is 21.4 Å². The Kier molecular flexibility index (Phi) is 55.7. The molecule has 2 radical (unpaired) electrons. The van der Waals surface area contributed by atoms with Gasteiger partial charge < -0.3 is 113 Å². The topological polar surface area (TPSA) is 620 Å². The zero-order valence-corrected chi connectivity index (χ0v) is 34.8. The van der Waals surface area contributed by atoms with Crippen LogP contribution in [0.3, 0.4) is 0 Å². The summed E-state index contributed by atoms with van der Waals surface area (Å²) in [5, 5.41) is 63.9. The number of nitrogens with zero attached hydrogens (tertiary/aromatic N) is 8. The van der Waals surface area contributed by atoms with Crippen LogP contribution < -0.4 is 0 Å². The van der Waals surface area contributed by atoms with Gasteiger partial charge in [-0.15, -0.1) is 22.7 Å². The fourth-order valence-electron chi connectivity index (χ4n) is 2.95. The van der Waals surface area contributed by atoms with E-state index < -0.39 is 44.2 Å². The molecule has 0 unspecified atom stereocenters. The molecule has 18 N–H and O–H groups in total. The van der Waals surface area contributed by atoms with Gasteiger partial charge in [-0.1, -0.05) is 0 Å². The number of rotatable bonds is 6. The number of carbonyl (C=O) groups excluding carboxylic acids is 4. The number of ether oxygens (including phenoxy) is 4. The molecule has 0 amide bonds. The Morgan fingerprint density at radius 2 is 0.661 bits per heavy atom. The minimum Gasteiger partial charge on any atom is -0.465 e. The summed E-state index contributed by atoms with van der Waals surface area (Å²) in [4.78, 5) is 95.9. The first kappa shape index (κ1) is 79.2. The van der Waals surface area contributed by atoms with Gasteiger partial charge in [0.2, 0.25) is 0 Å². The maximum atomic E-state index is 11.7. The zero-order chi connectivity index (χ0) is 42.0. The molecular weight excluding hydrogens is 1010 g/mol. The first-order valence-electron chi connectivity index (χ1n) is 12.7. The second-order valence-electron chi connectivity index (χ2n) is 7.77. The van der Waals surface area contributed by atoms with Crippen molar-refractivity contribution >= 4 is 46.6 Å². The van der Waals surface area contributed by atoms with E-state index >= 15 is 0 Å². The fourth-order valence-corrected chi connectivity index (χ4v) is 4.16. The molecule has 38 heteroatoms. The maximum Gasteiger partial charge on any atom is 2.00 e. The van der Waals surface area contributed by atoms with Gasteiger partial charge in [-0.2, -0.15) is 0 Å². The Hall–Kier alpha value is -6.96. The molecule has 0 atom stereocenters. The van der Waals surface area contributed by atoms with E-state index in [1.54, 1.807) is 23.2 Å². The summed E-state index contributed by atoms with van der Waals surface area (Å²) in [7, 11) is 4.95. The van der Waals surface area contributed by atoms with Crippen LogP contribution in [0.4, 0.5) is 0 Å². The van der Waals surface area contributed by atoms with Crippen LogP contribution in [0.5, 0.6) is 0 Å². The predicted molar refractivity (Wildman–Crippen MR) is 207 cm³/mol. The van der Waals surface area contributed by atoms with Crippen molar-refractivity contribution in [2.75, 3.05) is 28.4 Å². The second-order valence-corrected chi connectivity index (χ2v) is 9.55. The summed E-state index contributed by atoms with van der Waals surface area (Å²) in [6.07, 6.45) is 5.84. The molecule has 62 heavy (non-hydrogen) atoms. The van der Waals surface area contributed by atoms with E-state index in [0.29, 0.717) is 21.4 Å². The van der Waals surface area contributed by atoms with E-state index in [2.05, 4.69) is 38.9 Å². The third-order valence-corrected chi connectivity index (χ3v) is 6.32. The molecule has 0 aliphatic heterocycles. The number of hydrogen-bond donors (Lipinski definition) is 0. The number of hydrogen-bond acceptors (Lipinski definition) is 26. The van der Waals surface area contributed by atoms with Gasteiger partial charge in [-0.05, 0) is 12.1 Å². The number of pyridine rings is 2. The van der Waals surface area contributed by atoms with Crippen LogP contribution in [0.15, 0.2) is 47.7 Å². The molecule has 0 aliphatic rings. The van der Waals surface area contributed by atoms with Gasteiger partial charge in [-0.25, -0.2) is 29.1 Å². The molecule has 0 saturated carbocycles. The summed E-state index contributed by atoms with van der Waals surface area (Å²) in [5.74, 6) is -2.53. The molecule has 4 heterocycles. The first-order valence-corrected chi connectivity index (χ1v) is 14.4. The quantitative estimate of drug-likeness (QED) is 0.0466. The summed E-state index contributed by atoms with van der Waals surface area (Å²) in [6, 6.07) is 2.94. The Bertz CT molecular complexity index is 1710. The van der Waals surface area contributed by atoms with Gasteiger partial charge in [-0.3, -0.25) is 9.97 Å². The minimum absolute atomic E-state index is 0. The summed E-state index contributed by atoms with van der Waals surface area (Å²) < 4.78 is 18.5. The number of carbonyl (C=O) groups is 4. The Morgan fingerprint density at radius 1 is 0.452 bits per heavy atom. The third kappa shape index (κ3) is 34.0. The number of esters is 4. The van der Waals surface area contributed by atoms with Gasteiger partial charge in [0.15, 0.2) is 0 Å². The molecule has 0 fully saturated rings. The molecule has 0 aliphatic carbocycles. The standard InChI is InChI=1S/2C12H10N2O4S.2Cu.4NO3.6H2O/c2*1-17-11(15)7-5-9(10-13-3-4-19-10)14-6-8(7)12(16)18-2;;;4*2-1(3)4;;;;;;/h2*3-6H,1-2H3;;;;;;;6*1H2/q;;2*+2;4*-1;;;;;;/p+6. The number of aromatic nitrogens is 4. The first-order chi connectivity index (χ1) is 25.3. The SMILES string of the molecule is COC(=O)c1cnc(-c2nccs2)cc1C(=O)OC.COC(=O)c1cnc(-c2nccs2)cc1C(=O)OC.O=[N+]([O-])[O-].O=[N+]([O-])[O-].O=[N+]([O-])[O-].O=[N+]([O-])[O-].[Cu+2].[Cu+2].[OH3+].[OH3+].[OH3+].[OH3+].[OH3+].[OH3+]. The van der Waals surface area contributed by atoms with Crippen molar-refractivity contribution in [2.24, 2.45) is 0 Å². The summed E-state index contributed by atoms with van der Waals surface area (Å²) in [5.41, 5.74) is 1.35. The van der Waals surface area contributed by atoms with Crippen LogP contribution in [-0.4, -0.2) is 92.6 Å². The fraction of sp³-hybridized carbons (Fsp3) is 0.167. The Morgan fingerprint density at radius 3 is 0.839 bits per heavy atom. The molecule has 0 saturated heterocycles. The van der Waals surface area contributed by atoms with Crippen LogP contribution in [-0.2, 0) is 85.9 Å². The summed E-state index contributed by atoms with van der Waals surface area (Å²) in [6.45, 7) is 0. The second kappa shape index (κ2) is 43.6. The van der Waals surface area contributed by atoms with Gasteiger partial charge in [0.25, 0.3) is 0 Å². The molecule has 4 rings (SSSR count). The minimum atomic E-state index is -1.75. The van der Waals surface area contributed by atoms with Crippen molar-refractivity contribution in [1.82, 2.24) is 19.9 Å². The van der Waals surface area contributed by atoms with Crippen LogP contribution in [0.1, 0.15) is 41.4 Å². The van der Waals surface area contributed by atoms with E-state index in [4.69, 9.17) is 61.3 Å².